The lowest BCUT2D eigenvalue weighted by molar-refractivity contribution is 0.398. The minimum Gasteiger partial charge on any atom is -0.481 e. The number of hydrogen-bond acceptors (Lipinski definition) is 5. The van der Waals surface area contributed by atoms with Crippen molar-refractivity contribution in [2.75, 3.05) is 12.8 Å². The van der Waals surface area contributed by atoms with Gasteiger partial charge in [-0.25, -0.2) is 15.0 Å². The van der Waals surface area contributed by atoms with Crippen molar-refractivity contribution >= 4 is 5.82 Å². The Morgan fingerprint density at radius 2 is 2.00 bits per heavy atom. The number of anilines is 1. The van der Waals surface area contributed by atoms with Crippen LogP contribution in [0.5, 0.6) is 5.88 Å². The molecule has 2 heterocycles. The fourth-order valence-electron chi connectivity index (χ4n) is 1.57. The summed E-state index contributed by atoms with van der Waals surface area (Å²) in [6, 6.07) is 5.45. The monoisotopic (exact) mass is 244 g/mol. The summed E-state index contributed by atoms with van der Waals surface area (Å²) in [4.78, 5) is 12.8. The molecule has 5 heteroatoms. The maximum atomic E-state index is 5.81. The van der Waals surface area contributed by atoms with Crippen molar-refractivity contribution < 1.29 is 4.74 Å². The van der Waals surface area contributed by atoms with Crippen molar-refractivity contribution in [3.05, 3.63) is 30.2 Å². The molecule has 2 rings (SSSR count). The van der Waals surface area contributed by atoms with E-state index in [1.165, 1.54) is 0 Å². The summed E-state index contributed by atoms with van der Waals surface area (Å²) in [5, 5.41) is 0. The molecule has 0 atom stereocenters. The molecule has 18 heavy (non-hydrogen) atoms. The van der Waals surface area contributed by atoms with Gasteiger partial charge in [-0.15, -0.1) is 0 Å². The van der Waals surface area contributed by atoms with Gasteiger partial charge in [-0.3, -0.25) is 0 Å². The predicted molar refractivity (Wildman–Crippen MR) is 70.3 cm³/mol. The molecule has 94 valence electrons. The van der Waals surface area contributed by atoms with Crippen LogP contribution < -0.4 is 10.5 Å². The van der Waals surface area contributed by atoms with Gasteiger partial charge in [0.05, 0.1) is 12.8 Å². The molecule has 2 N–H and O–H groups in total. The van der Waals surface area contributed by atoms with Crippen LogP contribution in [0.25, 0.3) is 11.3 Å². The highest BCUT2D eigenvalue weighted by Gasteiger charge is 2.09. The van der Waals surface area contributed by atoms with Crippen molar-refractivity contribution in [2.24, 2.45) is 0 Å². The van der Waals surface area contributed by atoms with Crippen LogP contribution in [0.4, 0.5) is 5.82 Å². The van der Waals surface area contributed by atoms with E-state index in [-0.39, 0.29) is 5.92 Å². The zero-order valence-electron chi connectivity index (χ0n) is 10.7. The van der Waals surface area contributed by atoms with E-state index < -0.39 is 0 Å². The largest absolute Gasteiger partial charge is 0.481 e. The van der Waals surface area contributed by atoms with E-state index in [0.717, 1.165) is 17.1 Å². The van der Waals surface area contributed by atoms with Crippen LogP contribution in [0, 0.1) is 0 Å². The number of methoxy groups -OCH3 is 1. The second-order valence-electron chi connectivity index (χ2n) is 4.28. The lowest BCUT2D eigenvalue weighted by Gasteiger charge is -2.08. The standard InChI is InChI=1S/C13H16N4O/c1-8(2)13-16-10(7-11(14)17-13)9-4-5-15-12(6-9)18-3/h4-8H,1-3H3,(H2,14,16,17). The number of ether oxygens (including phenoxy) is 1. The number of nitrogens with zero attached hydrogens (tertiary/aromatic N) is 3. The summed E-state index contributed by atoms with van der Waals surface area (Å²) in [6.07, 6.45) is 1.68. The number of nitrogen functional groups attached to an aromatic ring is 1. The highest BCUT2D eigenvalue weighted by Crippen LogP contribution is 2.23. The van der Waals surface area contributed by atoms with Crippen LogP contribution in [0.1, 0.15) is 25.6 Å². The minimum absolute atomic E-state index is 0.232. The highest BCUT2D eigenvalue weighted by molar-refractivity contribution is 5.62. The number of hydrogen-bond donors (Lipinski definition) is 1. The van der Waals surface area contributed by atoms with Crippen molar-refractivity contribution in [1.29, 1.82) is 0 Å². The quantitative estimate of drug-likeness (QED) is 0.896. The van der Waals surface area contributed by atoms with Gasteiger partial charge in [-0.2, -0.15) is 0 Å². The molecular formula is C13H16N4O. The van der Waals surface area contributed by atoms with E-state index in [0.29, 0.717) is 11.7 Å². The van der Waals surface area contributed by atoms with E-state index in [1.807, 2.05) is 26.0 Å². The van der Waals surface area contributed by atoms with Crippen LogP contribution in [0.3, 0.4) is 0 Å². The summed E-state index contributed by atoms with van der Waals surface area (Å²) in [5.74, 6) is 1.99. The molecule has 0 unspecified atom stereocenters. The second kappa shape index (κ2) is 5.00. The average Bonchev–Trinajstić information content (AvgIpc) is 2.38. The Labute approximate surface area is 106 Å². The van der Waals surface area contributed by atoms with Crippen molar-refractivity contribution in [2.45, 2.75) is 19.8 Å². The molecule has 0 saturated carbocycles. The van der Waals surface area contributed by atoms with Crippen molar-refractivity contribution in [3.8, 4) is 17.1 Å². The molecule has 2 aromatic rings. The average molecular weight is 244 g/mol. The molecule has 0 aliphatic heterocycles. The summed E-state index contributed by atoms with van der Waals surface area (Å²) in [5.41, 5.74) is 7.51. The first-order chi connectivity index (χ1) is 8.60. The predicted octanol–water partition coefficient (Wildman–Crippen LogP) is 2.25. The Balaban J connectivity index is 2.49. The Bertz CT molecular complexity index is 554. The first-order valence-electron chi connectivity index (χ1n) is 5.75. The molecule has 0 aliphatic rings. The van der Waals surface area contributed by atoms with Crippen molar-refractivity contribution in [1.82, 2.24) is 15.0 Å². The van der Waals surface area contributed by atoms with Gasteiger partial charge in [-0.1, -0.05) is 13.8 Å². The van der Waals surface area contributed by atoms with Crippen LogP contribution in [0.15, 0.2) is 24.4 Å². The van der Waals surface area contributed by atoms with Crippen LogP contribution in [0.2, 0.25) is 0 Å². The highest BCUT2D eigenvalue weighted by atomic mass is 16.5. The number of rotatable bonds is 3. The second-order valence-corrected chi connectivity index (χ2v) is 4.28. The fourth-order valence-corrected chi connectivity index (χ4v) is 1.57. The van der Waals surface area contributed by atoms with Crippen molar-refractivity contribution in [3.63, 3.8) is 0 Å². The SMILES string of the molecule is COc1cc(-c2cc(N)nc(C(C)C)n2)ccn1. The zero-order chi connectivity index (χ0) is 13.1. The Morgan fingerprint density at radius 1 is 1.22 bits per heavy atom. The Kier molecular flexibility index (Phi) is 3.41. The molecule has 0 amide bonds. The molecule has 0 radical (unpaired) electrons. The third-order valence-corrected chi connectivity index (χ3v) is 2.52. The Morgan fingerprint density at radius 3 is 2.67 bits per heavy atom. The molecular weight excluding hydrogens is 228 g/mol. The smallest absolute Gasteiger partial charge is 0.213 e. The zero-order valence-corrected chi connectivity index (χ0v) is 10.7. The van der Waals surface area contributed by atoms with Gasteiger partial charge < -0.3 is 10.5 Å². The number of nitrogens with two attached hydrogens (primary N) is 1. The van der Waals surface area contributed by atoms with Crippen LogP contribution in [-0.4, -0.2) is 22.1 Å². The van der Waals surface area contributed by atoms with Gasteiger partial charge in [-0.05, 0) is 6.07 Å². The minimum atomic E-state index is 0.232. The van der Waals surface area contributed by atoms with E-state index in [1.54, 1.807) is 19.4 Å². The van der Waals surface area contributed by atoms with Gasteiger partial charge in [0.1, 0.15) is 11.6 Å². The first kappa shape index (κ1) is 12.3. The van der Waals surface area contributed by atoms with E-state index in [2.05, 4.69) is 15.0 Å². The third-order valence-electron chi connectivity index (χ3n) is 2.52. The van der Waals surface area contributed by atoms with E-state index in [4.69, 9.17) is 10.5 Å². The Hall–Kier alpha value is -2.17. The molecule has 0 aromatic carbocycles. The maximum Gasteiger partial charge on any atom is 0.213 e. The van der Waals surface area contributed by atoms with Gasteiger partial charge in [0.15, 0.2) is 0 Å². The van der Waals surface area contributed by atoms with Crippen LogP contribution in [-0.2, 0) is 0 Å². The topological polar surface area (TPSA) is 73.9 Å². The number of aromatic nitrogens is 3. The molecule has 0 aliphatic carbocycles. The van der Waals surface area contributed by atoms with Crippen LogP contribution >= 0.6 is 0 Å². The lowest BCUT2D eigenvalue weighted by Crippen LogP contribution is -2.03. The maximum absolute atomic E-state index is 5.81. The summed E-state index contributed by atoms with van der Waals surface area (Å²) >= 11 is 0. The molecule has 0 spiro atoms. The molecule has 2 aromatic heterocycles. The molecule has 0 fully saturated rings. The van der Waals surface area contributed by atoms with Gasteiger partial charge in [0, 0.05) is 29.8 Å². The normalized spacial score (nSPS) is 10.7. The van der Waals surface area contributed by atoms with Gasteiger partial charge >= 0.3 is 0 Å². The number of pyridine rings is 1. The van der Waals surface area contributed by atoms with Gasteiger partial charge in [0.2, 0.25) is 5.88 Å². The fraction of sp³-hybridized carbons (Fsp3) is 0.308. The molecule has 0 bridgehead atoms. The summed E-state index contributed by atoms with van der Waals surface area (Å²) in [7, 11) is 1.58. The third kappa shape index (κ3) is 2.56. The van der Waals surface area contributed by atoms with Gasteiger partial charge in [0.25, 0.3) is 0 Å². The molecule has 0 saturated heterocycles. The summed E-state index contributed by atoms with van der Waals surface area (Å²) in [6.45, 7) is 4.07. The summed E-state index contributed by atoms with van der Waals surface area (Å²) < 4.78 is 5.10. The molecule has 5 nitrogen and oxygen atoms in total. The van der Waals surface area contributed by atoms with E-state index >= 15 is 0 Å². The lowest BCUT2D eigenvalue weighted by atomic mass is 10.1. The first-order valence-corrected chi connectivity index (χ1v) is 5.75. The van der Waals surface area contributed by atoms with E-state index in [9.17, 15) is 0 Å².